The Hall–Kier alpha value is -1.21. The van der Waals surface area contributed by atoms with Crippen molar-refractivity contribution in [2.24, 2.45) is 0 Å². The van der Waals surface area contributed by atoms with E-state index in [0.29, 0.717) is 12.8 Å². The van der Waals surface area contributed by atoms with E-state index < -0.39 is 11.9 Å². The fourth-order valence-corrected chi connectivity index (χ4v) is 3.23. The fraction of sp³-hybridized carbons (Fsp3) is 0.533. The molecule has 0 aromatic heterocycles. The van der Waals surface area contributed by atoms with Crippen LogP contribution in [0.15, 0.2) is 21.3 Å². The van der Waals surface area contributed by atoms with Crippen LogP contribution in [0.3, 0.4) is 0 Å². The van der Waals surface area contributed by atoms with Gasteiger partial charge in [-0.1, -0.05) is 30.8 Å². The van der Waals surface area contributed by atoms with Crippen LogP contribution >= 0.6 is 23.5 Å². The number of carbonyl (C=O) groups excluding carboxylic acids is 3. The Morgan fingerprint density at radius 3 is 2.59 bits per heavy atom. The maximum atomic E-state index is 10.8. The van der Waals surface area contributed by atoms with Gasteiger partial charge < -0.3 is 5.32 Å². The number of allylic oxidation sites excluding steroid dienone is 3. The molecule has 1 fully saturated rings. The van der Waals surface area contributed by atoms with Crippen molar-refractivity contribution in [1.82, 2.24) is 10.6 Å². The SMILES string of the molecule is C/C=C(/C)S/C(=C/CC)SC.O=CNC1CCC(=O)NC1=O. The lowest BCUT2D eigenvalue weighted by molar-refractivity contribution is -0.135. The number of piperidine rings is 1. The summed E-state index contributed by atoms with van der Waals surface area (Å²) >= 11 is 3.68. The average molecular weight is 345 g/mol. The number of nitrogens with one attached hydrogen (secondary N) is 2. The molecule has 1 heterocycles. The van der Waals surface area contributed by atoms with E-state index in [1.807, 2.05) is 23.5 Å². The summed E-state index contributed by atoms with van der Waals surface area (Å²) in [6, 6.07) is -0.537. The molecule has 1 atom stereocenters. The molecule has 22 heavy (non-hydrogen) atoms. The molecule has 1 aliphatic heterocycles. The second kappa shape index (κ2) is 12.3. The number of hydrogen-bond acceptors (Lipinski definition) is 5. The second-order valence-corrected chi connectivity index (χ2v) is 6.82. The van der Waals surface area contributed by atoms with Crippen molar-refractivity contribution in [3.63, 3.8) is 0 Å². The second-order valence-electron chi connectivity index (χ2n) is 4.43. The van der Waals surface area contributed by atoms with Gasteiger partial charge in [0.2, 0.25) is 18.2 Å². The van der Waals surface area contributed by atoms with Gasteiger partial charge in [0.25, 0.3) is 0 Å². The topological polar surface area (TPSA) is 75.3 Å². The van der Waals surface area contributed by atoms with Crippen molar-refractivity contribution in [3.8, 4) is 0 Å². The van der Waals surface area contributed by atoms with E-state index in [4.69, 9.17) is 0 Å². The number of imide groups is 1. The highest BCUT2D eigenvalue weighted by Crippen LogP contribution is 2.32. The number of hydrogen-bond donors (Lipinski definition) is 2. The third-order valence-corrected chi connectivity index (χ3v) is 4.99. The van der Waals surface area contributed by atoms with Crippen LogP contribution in [0, 0.1) is 0 Å². The first-order chi connectivity index (χ1) is 10.5. The molecule has 0 saturated carbocycles. The number of carbonyl (C=O) groups is 3. The first kappa shape index (κ1) is 20.8. The average Bonchev–Trinajstić information content (AvgIpc) is 2.50. The molecule has 0 bridgehead atoms. The standard InChI is InChI=1S/C9H16S2.C6H8N2O3/c1-5-7-9(10-4)11-8(3)6-2;9-3-7-4-1-2-5(10)8-6(4)11/h6-7H,5H2,1-4H3;3-4H,1-2H2,(H,7,9)(H,8,10,11)/b8-6-,9-7+;. The molecule has 7 heteroatoms. The van der Waals surface area contributed by atoms with E-state index in [2.05, 4.69) is 49.8 Å². The minimum atomic E-state index is -0.537. The van der Waals surface area contributed by atoms with Gasteiger partial charge in [-0.25, -0.2) is 0 Å². The first-order valence-electron chi connectivity index (χ1n) is 7.06. The quantitative estimate of drug-likeness (QED) is 0.572. The van der Waals surface area contributed by atoms with Gasteiger partial charge in [0, 0.05) is 10.7 Å². The lowest BCUT2D eigenvalue weighted by atomic mass is 10.1. The Labute approximate surface area is 140 Å². The minimum absolute atomic E-state index is 0.279. The minimum Gasteiger partial charge on any atom is -0.347 e. The summed E-state index contributed by atoms with van der Waals surface area (Å²) in [5, 5.41) is 4.42. The van der Waals surface area contributed by atoms with Crippen LogP contribution in [0.1, 0.15) is 40.0 Å². The monoisotopic (exact) mass is 344 g/mol. The Bertz CT molecular complexity index is 448. The van der Waals surface area contributed by atoms with Gasteiger partial charge in [-0.2, -0.15) is 0 Å². The zero-order chi connectivity index (χ0) is 17.0. The fourth-order valence-electron chi connectivity index (χ4n) is 1.49. The molecule has 1 saturated heterocycles. The van der Waals surface area contributed by atoms with E-state index in [0.717, 1.165) is 6.42 Å². The molecular weight excluding hydrogens is 320 g/mol. The lowest BCUT2D eigenvalue weighted by Crippen LogP contribution is -2.50. The van der Waals surface area contributed by atoms with Crippen molar-refractivity contribution >= 4 is 41.7 Å². The molecule has 3 amide bonds. The summed E-state index contributed by atoms with van der Waals surface area (Å²) in [6.07, 6.45) is 8.80. The van der Waals surface area contributed by atoms with E-state index in [1.54, 1.807) is 0 Å². The van der Waals surface area contributed by atoms with Crippen molar-refractivity contribution in [2.75, 3.05) is 6.26 Å². The van der Waals surface area contributed by atoms with Crippen LogP contribution in [0.4, 0.5) is 0 Å². The summed E-state index contributed by atoms with van der Waals surface area (Å²) in [5.74, 6) is -0.702. The summed E-state index contributed by atoms with van der Waals surface area (Å²) in [6.45, 7) is 6.39. The van der Waals surface area contributed by atoms with Crippen molar-refractivity contribution in [3.05, 3.63) is 21.3 Å². The molecule has 0 aliphatic carbocycles. The van der Waals surface area contributed by atoms with Gasteiger partial charge >= 0.3 is 0 Å². The summed E-state index contributed by atoms with van der Waals surface area (Å²) in [4.78, 5) is 32.7. The van der Waals surface area contributed by atoms with E-state index in [9.17, 15) is 14.4 Å². The number of thioether (sulfide) groups is 2. The van der Waals surface area contributed by atoms with E-state index >= 15 is 0 Å². The van der Waals surface area contributed by atoms with Crippen LogP contribution in [0.5, 0.6) is 0 Å². The lowest BCUT2D eigenvalue weighted by Gasteiger charge is -2.19. The predicted molar refractivity (Wildman–Crippen MR) is 94.3 cm³/mol. The molecule has 0 spiro atoms. The Balaban J connectivity index is 0.000000401. The summed E-state index contributed by atoms with van der Waals surface area (Å²) in [7, 11) is 0. The zero-order valence-electron chi connectivity index (χ0n) is 13.5. The number of amides is 3. The third-order valence-electron chi connectivity index (χ3n) is 2.75. The van der Waals surface area contributed by atoms with Crippen molar-refractivity contribution < 1.29 is 14.4 Å². The van der Waals surface area contributed by atoms with Gasteiger partial charge in [0.05, 0.1) is 0 Å². The normalized spacial score (nSPS) is 19.0. The van der Waals surface area contributed by atoms with Crippen molar-refractivity contribution in [1.29, 1.82) is 0 Å². The third kappa shape index (κ3) is 8.94. The molecule has 5 nitrogen and oxygen atoms in total. The molecule has 1 unspecified atom stereocenters. The van der Waals surface area contributed by atoms with Gasteiger partial charge in [0.15, 0.2) is 0 Å². The first-order valence-corrected chi connectivity index (χ1v) is 9.10. The predicted octanol–water partition coefficient (Wildman–Crippen LogP) is 2.80. The van der Waals surface area contributed by atoms with Gasteiger partial charge in [0.1, 0.15) is 6.04 Å². The number of rotatable bonds is 6. The molecule has 124 valence electrons. The zero-order valence-corrected chi connectivity index (χ0v) is 15.1. The molecule has 2 N–H and O–H groups in total. The van der Waals surface area contributed by atoms with E-state index in [1.165, 1.54) is 9.14 Å². The maximum Gasteiger partial charge on any atom is 0.249 e. The van der Waals surface area contributed by atoms with Crippen molar-refractivity contribution in [2.45, 2.75) is 46.1 Å². The van der Waals surface area contributed by atoms with Crippen LogP contribution in [0.25, 0.3) is 0 Å². The highest BCUT2D eigenvalue weighted by Gasteiger charge is 2.25. The van der Waals surface area contributed by atoms with Gasteiger partial charge in [-0.15, -0.1) is 11.8 Å². The molecule has 0 radical (unpaired) electrons. The summed E-state index contributed by atoms with van der Waals surface area (Å²) < 4.78 is 1.41. The molecule has 0 aromatic carbocycles. The highest BCUT2D eigenvalue weighted by atomic mass is 32.2. The van der Waals surface area contributed by atoms with Crippen LogP contribution in [-0.2, 0) is 14.4 Å². The molecular formula is C15H24N2O3S2. The summed E-state index contributed by atoms with van der Waals surface area (Å²) in [5.41, 5.74) is 0. The van der Waals surface area contributed by atoms with Crippen LogP contribution in [-0.4, -0.2) is 30.5 Å². The van der Waals surface area contributed by atoms with Crippen LogP contribution < -0.4 is 10.6 Å². The van der Waals surface area contributed by atoms with Gasteiger partial charge in [-0.3, -0.25) is 19.7 Å². The molecule has 1 rings (SSSR count). The highest BCUT2D eigenvalue weighted by molar-refractivity contribution is 8.23. The molecule has 1 aliphatic rings. The Kier molecular flexibility index (Phi) is 11.7. The maximum absolute atomic E-state index is 10.8. The Morgan fingerprint density at radius 1 is 1.45 bits per heavy atom. The van der Waals surface area contributed by atoms with Crippen LogP contribution in [0.2, 0.25) is 0 Å². The Morgan fingerprint density at radius 2 is 2.14 bits per heavy atom. The van der Waals surface area contributed by atoms with Gasteiger partial charge in [-0.05, 0) is 37.9 Å². The smallest absolute Gasteiger partial charge is 0.249 e. The molecule has 0 aromatic rings. The largest absolute Gasteiger partial charge is 0.347 e. The van der Waals surface area contributed by atoms with E-state index in [-0.39, 0.29) is 12.3 Å².